The molecule has 1 fully saturated rings. The molecular weight excluding hydrogens is 676 g/mol. The summed E-state index contributed by atoms with van der Waals surface area (Å²) >= 11 is 0. The molecule has 9 N–H and O–H groups in total. The molecule has 53 heavy (non-hydrogen) atoms. The first kappa shape index (κ1) is 41.1. The second kappa shape index (κ2) is 21.1. The fourth-order valence-electron chi connectivity index (χ4n) is 6.89. The second-order valence-corrected chi connectivity index (χ2v) is 14.1. The van der Waals surface area contributed by atoms with Gasteiger partial charge in [-0.1, -0.05) is 88.8 Å². The SMILES string of the molecule is CC[C@H](C)[C@H](NC(=O)[C@H](Cc1ccccc1)[C@@H](O)[C@H](O)[C@H](CC1CCCCC1)NC(=O)[C@H](Cc1cnc[nH]1)NC(=O)CN)C(=O)NCc1ccccn1. The van der Waals surface area contributed by atoms with Crippen molar-refractivity contribution in [3.05, 3.63) is 84.2 Å². The highest BCUT2D eigenvalue weighted by Crippen LogP contribution is 2.30. The van der Waals surface area contributed by atoms with E-state index in [-0.39, 0.29) is 37.8 Å². The number of hydrogen-bond donors (Lipinski definition) is 8. The summed E-state index contributed by atoms with van der Waals surface area (Å²) in [5.74, 6) is -3.37. The molecule has 0 spiro atoms. The summed E-state index contributed by atoms with van der Waals surface area (Å²) in [4.78, 5) is 65.2. The van der Waals surface area contributed by atoms with E-state index >= 15 is 0 Å². The van der Waals surface area contributed by atoms with Crippen LogP contribution in [0.2, 0.25) is 0 Å². The van der Waals surface area contributed by atoms with Gasteiger partial charge in [-0.05, 0) is 42.4 Å². The number of amides is 4. The Morgan fingerprint density at radius 2 is 1.64 bits per heavy atom. The second-order valence-electron chi connectivity index (χ2n) is 14.1. The third-order valence-corrected chi connectivity index (χ3v) is 10.2. The van der Waals surface area contributed by atoms with Crippen LogP contribution >= 0.6 is 0 Å². The van der Waals surface area contributed by atoms with Crippen LogP contribution in [0.3, 0.4) is 0 Å². The summed E-state index contributed by atoms with van der Waals surface area (Å²) in [6.07, 6.45) is 7.46. The number of hydrogen-bond acceptors (Lipinski definition) is 9. The number of nitrogens with zero attached hydrogens (tertiary/aromatic N) is 2. The topological polar surface area (TPSA) is 224 Å². The van der Waals surface area contributed by atoms with Gasteiger partial charge in [0.2, 0.25) is 23.6 Å². The summed E-state index contributed by atoms with van der Waals surface area (Å²) in [6, 6.07) is 11.6. The number of aromatic nitrogens is 3. The maximum atomic E-state index is 14.2. The van der Waals surface area contributed by atoms with Crippen LogP contribution in [-0.2, 0) is 38.6 Å². The van der Waals surface area contributed by atoms with Crippen LogP contribution in [0.25, 0.3) is 0 Å². The lowest BCUT2D eigenvalue weighted by Gasteiger charge is -2.36. The largest absolute Gasteiger partial charge is 0.390 e. The molecular formula is C39H56N8O6. The zero-order chi connectivity index (χ0) is 38.2. The van der Waals surface area contributed by atoms with Crippen molar-refractivity contribution in [2.45, 2.75) is 109 Å². The summed E-state index contributed by atoms with van der Waals surface area (Å²) in [5.41, 5.74) is 7.57. The number of benzene rings is 1. The van der Waals surface area contributed by atoms with E-state index in [0.29, 0.717) is 24.2 Å². The predicted octanol–water partition coefficient (Wildman–Crippen LogP) is 1.67. The first-order valence-corrected chi connectivity index (χ1v) is 18.7. The van der Waals surface area contributed by atoms with E-state index < -0.39 is 59.9 Å². The standard InChI is InChI=1S/C39H56N8O6/c1-3-25(2)34(39(53)43-23-28-16-10-11-17-42-28)47-37(51)30(18-26-12-6-4-7-13-26)35(49)36(50)31(19-27-14-8-5-9-15-27)46-38(52)32(45-33(48)21-40)20-29-22-41-24-44-29/h4,6-7,10-13,16-17,22,24-25,27,30-32,34-36,49-50H,3,5,8-9,14-15,18-21,23,40H2,1-2H3,(H,41,44)(H,43,53)(H,45,48)(H,46,52)(H,47,51)/t25-,30+,31-,32-,34-,35+,36+/m0/s1. The van der Waals surface area contributed by atoms with Gasteiger partial charge < -0.3 is 42.2 Å². The van der Waals surface area contributed by atoms with Crippen LogP contribution < -0.4 is 27.0 Å². The lowest BCUT2D eigenvalue weighted by Crippen LogP contribution is -2.59. The highest BCUT2D eigenvalue weighted by atomic mass is 16.3. The maximum Gasteiger partial charge on any atom is 0.243 e. The van der Waals surface area contributed by atoms with E-state index in [9.17, 15) is 29.4 Å². The van der Waals surface area contributed by atoms with Gasteiger partial charge in [0.15, 0.2) is 0 Å². The maximum absolute atomic E-state index is 14.2. The number of nitrogens with two attached hydrogens (primary N) is 1. The third kappa shape index (κ3) is 12.8. The van der Waals surface area contributed by atoms with Crippen molar-refractivity contribution in [2.24, 2.45) is 23.5 Å². The van der Waals surface area contributed by atoms with Crippen LogP contribution in [0.15, 0.2) is 67.3 Å². The number of pyridine rings is 1. The quantitative estimate of drug-likeness (QED) is 0.0845. The first-order chi connectivity index (χ1) is 25.6. The Kier molecular flexibility index (Phi) is 16.4. The van der Waals surface area contributed by atoms with E-state index in [0.717, 1.165) is 37.7 Å². The summed E-state index contributed by atoms with van der Waals surface area (Å²) in [6.45, 7) is 3.63. The molecule has 3 aromatic rings. The van der Waals surface area contributed by atoms with E-state index in [1.54, 1.807) is 24.5 Å². The number of nitrogens with one attached hydrogen (secondary N) is 5. The number of aliphatic hydroxyl groups excluding tert-OH is 2. The number of rotatable bonds is 20. The normalized spacial score (nSPS) is 17.3. The first-order valence-electron chi connectivity index (χ1n) is 18.7. The van der Waals surface area contributed by atoms with Crippen LogP contribution in [0.4, 0.5) is 0 Å². The van der Waals surface area contributed by atoms with E-state index in [1.165, 1.54) is 6.33 Å². The van der Waals surface area contributed by atoms with Crippen molar-refractivity contribution >= 4 is 23.6 Å². The molecule has 1 saturated carbocycles. The molecule has 288 valence electrons. The molecule has 4 rings (SSSR count). The van der Waals surface area contributed by atoms with Crippen molar-refractivity contribution in [3.8, 4) is 0 Å². The molecule has 1 aliphatic rings. The number of imidazole rings is 1. The van der Waals surface area contributed by atoms with Crippen molar-refractivity contribution in [2.75, 3.05) is 6.54 Å². The lowest BCUT2D eigenvalue weighted by molar-refractivity contribution is -0.138. The predicted molar refractivity (Wildman–Crippen MR) is 200 cm³/mol. The number of aliphatic hydroxyl groups is 2. The molecule has 0 saturated heterocycles. The van der Waals surface area contributed by atoms with Gasteiger partial charge in [0.05, 0.1) is 43.2 Å². The van der Waals surface area contributed by atoms with Crippen LogP contribution in [0, 0.1) is 17.8 Å². The Labute approximate surface area is 311 Å². The van der Waals surface area contributed by atoms with Crippen molar-refractivity contribution in [3.63, 3.8) is 0 Å². The van der Waals surface area contributed by atoms with E-state index in [4.69, 9.17) is 5.73 Å². The molecule has 2 heterocycles. The minimum atomic E-state index is -1.64. The van der Waals surface area contributed by atoms with Gasteiger partial charge >= 0.3 is 0 Å². The van der Waals surface area contributed by atoms with Crippen LogP contribution in [0.5, 0.6) is 0 Å². The average molecular weight is 733 g/mol. The Hall–Kier alpha value is -4.66. The zero-order valence-electron chi connectivity index (χ0n) is 30.7. The molecule has 0 radical (unpaired) electrons. The summed E-state index contributed by atoms with van der Waals surface area (Å²) in [5, 5.41) is 35.3. The molecule has 7 atom stereocenters. The Morgan fingerprint density at radius 1 is 0.906 bits per heavy atom. The molecule has 14 nitrogen and oxygen atoms in total. The average Bonchev–Trinajstić information content (AvgIpc) is 3.71. The van der Waals surface area contributed by atoms with Crippen molar-refractivity contribution in [1.82, 2.24) is 36.2 Å². The lowest BCUT2D eigenvalue weighted by atomic mass is 9.80. The van der Waals surface area contributed by atoms with Crippen LogP contribution in [-0.4, -0.2) is 85.7 Å². The van der Waals surface area contributed by atoms with Gasteiger partial charge in [-0.3, -0.25) is 24.2 Å². The van der Waals surface area contributed by atoms with E-state index in [2.05, 4.69) is 36.2 Å². The highest BCUT2D eigenvalue weighted by molar-refractivity contribution is 5.90. The monoisotopic (exact) mass is 732 g/mol. The van der Waals surface area contributed by atoms with Gasteiger partial charge in [-0.15, -0.1) is 0 Å². The molecule has 14 heteroatoms. The number of carbonyl (C=O) groups excluding carboxylic acids is 4. The van der Waals surface area contributed by atoms with Crippen LogP contribution in [0.1, 0.15) is 75.7 Å². The fourth-order valence-corrected chi connectivity index (χ4v) is 6.89. The fraction of sp³-hybridized carbons (Fsp3) is 0.538. The van der Waals surface area contributed by atoms with Gasteiger partial charge in [0, 0.05) is 24.5 Å². The Morgan fingerprint density at radius 3 is 2.28 bits per heavy atom. The molecule has 0 unspecified atom stereocenters. The van der Waals surface area contributed by atoms with E-state index in [1.807, 2.05) is 50.2 Å². The Bertz CT molecular complexity index is 1550. The third-order valence-electron chi connectivity index (χ3n) is 10.2. The number of carbonyl (C=O) groups is 4. The van der Waals surface area contributed by atoms with Crippen molar-refractivity contribution in [1.29, 1.82) is 0 Å². The van der Waals surface area contributed by atoms with Gasteiger partial charge in [0.25, 0.3) is 0 Å². The molecule has 4 amide bonds. The minimum absolute atomic E-state index is 0.0623. The molecule has 1 aliphatic carbocycles. The zero-order valence-corrected chi connectivity index (χ0v) is 30.7. The summed E-state index contributed by atoms with van der Waals surface area (Å²) < 4.78 is 0. The van der Waals surface area contributed by atoms with Gasteiger partial charge in [-0.25, -0.2) is 4.98 Å². The highest BCUT2D eigenvalue weighted by Gasteiger charge is 2.40. The molecule has 0 bridgehead atoms. The number of aromatic amines is 1. The Balaban J connectivity index is 1.59. The van der Waals surface area contributed by atoms with Gasteiger partial charge in [-0.2, -0.15) is 0 Å². The smallest absolute Gasteiger partial charge is 0.243 e. The molecule has 0 aliphatic heterocycles. The summed E-state index contributed by atoms with van der Waals surface area (Å²) in [7, 11) is 0. The minimum Gasteiger partial charge on any atom is -0.390 e. The number of H-pyrrole nitrogens is 1. The van der Waals surface area contributed by atoms with Gasteiger partial charge in [0.1, 0.15) is 18.2 Å². The molecule has 2 aromatic heterocycles. The van der Waals surface area contributed by atoms with Crippen molar-refractivity contribution < 1.29 is 29.4 Å². The molecule has 1 aromatic carbocycles.